The van der Waals surface area contributed by atoms with E-state index < -0.39 is 0 Å². The van der Waals surface area contributed by atoms with Gasteiger partial charge in [-0.05, 0) is 50.3 Å². The molecule has 0 N–H and O–H groups in total. The van der Waals surface area contributed by atoms with Crippen LogP contribution in [-0.4, -0.2) is 29.8 Å². The minimum absolute atomic E-state index is 0.963. The minimum atomic E-state index is 0.963. The Morgan fingerprint density at radius 1 is 1.17 bits per heavy atom. The van der Waals surface area contributed by atoms with Crippen LogP contribution < -0.4 is 0 Å². The summed E-state index contributed by atoms with van der Waals surface area (Å²) in [6.45, 7) is 2.68. The average molecular weight is 185 g/mol. The largest absolute Gasteiger partial charge is 0.300 e. The van der Waals surface area contributed by atoms with E-state index in [9.17, 15) is 0 Å². The molecule has 0 atom stereocenters. The van der Waals surface area contributed by atoms with Crippen LogP contribution in [0.4, 0.5) is 0 Å². The second-order valence-electron chi connectivity index (χ2n) is 4.25. The molecule has 2 aliphatic carbocycles. The first-order valence-electron chi connectivity index (χ1n) is 5.25. The van der Waals surface area contributed by atoms with E-state index in [1.165, 1.54) is 45.2 Å². The number of hydrogen-bond donors (Lipinski definition) is 1. The van der Waals surface area contributed by atoms with E-state index in [2.05, 4.69) is 17.5 Å². The van der Waals surface area contributed by atoms with Crippen molar-refractivity contribution in [3.8, 4) is 0 Å². The van der Waals surface area contributed by atoms with Crippen LogP contribution in [0.1, 0.15) is 32.1 Å². The topological polar surface area (TPSA) is 3.24 Å². The van der Waals surface area contributed by atoms with E-state index in [0.29, 0.717) is 0 Å². The minimum Gasteiger partial charge on any atom is -0.300 e. The molecule has 0 aliphatic heterocycles. The Morgan fingerprint density at radius 2 is 1.92 bits per heavy atom. The van der Waals surface area contributed by atoms with Crippen molar-refractivity contribution in [3.63, 3.8) is 0 Å². The molecule has 0 bridgehead atoms. The SMILES string of the molecule is SCCCN(CC1CC1)C1CC1. The molecule has 0 radical (unpaired) electrons. The molecule has 0 heterocycles. The van der Waals surface area contributed by atoms with Gasteiger partial charge in [-0.1, -0.05) is 0 Å². The molecule has 0 unspecified atom stereocenters. The van der Waals surface area contributed by atoms with Gasteiger partial charge in [0.15, 0.2) is 0 Å². The van der Waals surface area contributed by atoms with Gasteiger partial charge in [0.2, 0.25) is 0 Å². The summed E-state index contributed by atoms with van der Waals surface area (Å²) >= 11 is 4.26. The Morgan fingerprint density at radius 3 is 2.42 bits per heavy atom. The van der Waals surface area contributed by atoms with Crippen molar-refractivity contribution in [2.75, 3.05) is 18.8 Å². The van der Waals surface area contributed by atoms with E-state index >= 15 is 0 Å². The van der Waals surface area contributed by atoms with E-state index in [1.807, 2.05) is 0 Å². The lowest BCUT2D eigenvalue weighted by molar-refractivity contribution is 0.254. The van der Waals surface area contributed by atoms with E-state index in [4.69, 9.17) is 0 Å². The summed E-state index contributed by atoms with van der Waals surface area (Å²) < 4.78 is 0. The molecule has 0 aromatic carbocycles. The molecule has 70 valence electrons. The van der Waals surface area contributed by atoms with Gasteiger partial charge in [-0.3, -0.25) is 0 Å². The highest BCUT2D eigenvalue weighted by Gasteiger charge is 2.32. The summed E-state index contributed by atoms with van der Waals surface area (Å²) in [6.07, 6.45) is 7.17. The van der Waals surface area contributed by atoms with Gasteiger partial charge in [-0.15, -0.1) is 0 Å². The summed E-state index contributed by atoms with van der Waals surface area (Å²) in [4.78, 5) is 2.70. The molecule has 2 fully saturated rings. The van der Waals surface area contributed by atoms with Gasteiger partial charge in [-0.25, -0.2) is 0 Å². The zero-order valence-corrected chi connectivity index (χ0v) is 8.60. The molecule has 2 saturated carbocycles. The fourth-order valence-electron chi connectivity index (χ4n) is 1.77. The second kappa shape index (κ2) is 4.01. The van der Waals surface area contributed by atoms with Crippen molar-refractivity contribution in [3.05, 3.63) is 0 Å². The number of nitrogens with zero attached hydrogens (tertiary/aromatic N) is 1. The quantitative estimate of drug-likeness (QED) is 0.621. The predicted octanol–water partition coefficient (Wildman–Crippen LogP) is 2.18. The van der Waals surface area contributed by atoms with Crippen LogP contribution in [0.2, 0.25) is 0 Å². The summed E-state index contributed by atoms with van der Waals surface area (Å²) in [7, 11) is 0. The monoisotopic (exact) mass is 185 g/mol. The second-order valence-corrected chi connectivity index (χ2v) is 4.69. The smallest absolute Gasteiger partial charge is 0.00965 e. The Hall–Kier alpha value is 0.310. The van der Waals surface area contributed by atoms with Crippen molar-refractivity contribution in [2.24, 2.45) is 5.92 Å². The van der Waals surface area contributed by atoms with Crippen molar-refractivity contribution in [1.82, 2.24) is 4.90 Å². The molecular formula is C10H19NS. The third kappa shape index (κ3) is 2.67. The van der Waals surface area contributed by atoms with Crippen LogP contribution in [-0.2, 0) is 0 Å². The molecule has 0 aromatic heterocycles. The molecular weight excluding hydrogens is 166 g/mol. The molecule has 2 aliphatic rings. The van der Waals surface area contributed by atoms with Crippen LogP contribution in [0.5, 0.6) is 0 Å². The Bertz CT molecular complexity index is 141. The normalized spacial score (nSPS) is 23.5. The maximum atomic E-state index is 4.26. The van der Waals surface area contributed by atoms with Crippen molar-refractivity contribution >= 4 is 12.6 Å². The summed E-state index contributed by atoms with van der Waals surface area (Å²) in [5.41, 5.74) is 0. The van der Waals surface area contributed by atoms with Crippen LogP contribution in [0.3, 0.4) is 0 Å². The zero-order chi connectivity index (χ0) is 8.39. The van der Waals surface area contributed by atoms with Crippen LogP contribution in [0, 0.1) is 5.92 Å². The van der Waals surface area contributed by atoms with Crippen molar-refractivity contribution in [1.29, 1.82) is 0 Å². The van der Waals surface area contributed by atoms with Gasteiger partial charge in [0.1, 0.15) is 0 Å². The van der Waals surface area contributed by atoms with Gasteiger partial charge in [-0.2, -0.15) is 12.6 Å². The molecule has 0 aromatic rings. The molecule has 0 amide bonds. The summed E-state index contributed by atoms with van der Waals surface area (Å²) in [6, 6.07) is 0.963. The highest BCUT2D eigenvalue weighted by Crippen LogP contribution is 2.34. The standard InChI is InChI=1S/C10H19NS/c12-7-1-6-11(10-4-5-10)8-9-2-3-9/h9-10,12H,1-8H2. The number of hydrogen-bond acceptors (Lipinski definition) is 2. The van der Waals surface area contributed by atoms with E-state index in [0.717, 1.165) is 17.7 Å². The van der Waals surface area contributed by atoms with Crippen LogP contribution in [0.15, 0.2) is 0 Å². The number of thiol groups is 1. The maximum Gasteiger partial charge on any atom is 0.00965 e. The molecule has 2 rings (SSSR count). The third-order valence-electron chi connectivity index (χ3n) is 2.86. The fraction of sp³-hybridized carbons (Fsp3) is 1.00. The lowest BCUT2D eigenvalue weighted by Crippen LogP contribution is -2.29. The maximum absolute atomic E-state index is 4.26. The summed E-state index contributed by atoms with van der Waals surface area (Å²) in [5.74, 6) is 2.11. The van der Waals surface area contributed by atoms with Gasteiger partial charge in [0, 0.05) is 12.6 Å². The molecule has 12 heavy (non-hydrogen) atoms. The zero-order valence-electron chi connectivity index (χ0n) is 7.71. The van der Waals surface area contributed by atoms with E-state index in [-0.39, 0.29) is 0 Å². The van der Waals surface area contributed by atoms with Crippen LogP contribution >= 0.6 is 12.6 Å². The highest BCUT2D eigenvalue weighted by molar-refractivity contribution is 7.80. The molecule has 0 spiro atoms. The van der Waals surface area contributed by atoms with Crippen molar-refractivity contribution in [2.45, 2.75) is 38.1 Å². The van der Waals surface area contributed by atoms with Gasteiger partial charge < -0.3 is 4.90 Å². The average Bonchev–Trinajstić information content (AvgIpc) is 2.85. The number of rotatable bonds is 6. The predicted molar refractivity (Wildman–Crippen MR) is 55.8 cm³/mol. The highest BCUT2D eigenvalue weighted by atomic mass is 32.1. The first-order valence-corrected chi connectivity index (χ1v) is 5.88. The van der Waals surface area contributed by atoms with Crippen molar-refractivity contribution < 1.29 is 0 Å². The van der Waals surface area contributed by atoms with Crippen LogP contribution in [0.25, 0.3) is 0 Å². The molecule has 0 saturated heterocycles. The molecule has 1 nitrogen and oxygen atoms in total. The lowest BCUT2D eigenvalue weighted by atomic mass is 10.3. The Labute approximate surface area is 80.9 Å². The van der Waals surface area contributed by atoms with Gasteiger partial charge in [0.05, 0.1) is 0 Å². The lowest BCUT2D eigenvalue weighted by Gasteiger charge is -2.21. The third-order valence-corrected chi connectivity index (χ3v) is 3.17. The van der Waals surface area contributed by atoms with Gasteiger partial charge in [0.25, 0.3) is 0 Å². The summed E-state index contributed by atoms with van der Waals surface area (Å²) in [5, 5.41) is 0. The Balaban J connectivity index is 1.68. The Kier molecular flexibility index (Phi) is 2.97. The van der Waals surface area contributed by atoms with E-state index in [1.54, 1.807) is 0 Å². The fourth-order valence-corrected chi connectivity index (χ4v) is 1.91. The first-order chi connectivity index (χ1) is 5.90. The van der Waals surface area contributed by atoms with Gasteiger partial charge >= 0.3 is 0 Å². The molecule has 2 heteroatoms. The first kappa shape index (κ1) is 8.89.